The number of ether oxygens (including phenoxy) is 2. The lowest BCUT2D eigenvalue weighted by molar-refractivity contribution is -0.131. The summed E-state index contributed by atoms with van der Waals surface area (Å²) in [5.74, 6) is 1.48. The highest BCUT2D eigenvalue weighted by Gasteiger charge is 2.31. The standard InChI is InChI=1S/C17H22N2O3/c1-21-15-6-3-5-13(17(15)22-2)7-10-16(20)19(12-4-11-18)14-8-9-14/h3,5-6,14H,4,7-10,12H2,1-2H3. The second-order valence-corrected chi connectivity index (χ2v) is 5.38. The molecule has 5 nitrogen and oxygen atoms in total. The van der Waals surface area contributed by atoms with Crippen molar-refractivity contribution in [2.24, 2.45) is 0 Å². The molecule has 1 aliphatic carbocycles. The Bertz CT molecular complexity index is 562. The third-order valence-corrected chi connectivity index (χ3v) is 3.87. The molecule has 0 heterocycles. The molecule has 0 radical (unpaired) electrons. The molecular weight excluding hydrogens is 280 g/mol. The number of rotatable bonds is 8. The number of hydrogen-bond acceptors (Lipinski definition) is 4. The Hall–Kier alpha value is -2.22. The van der Waals surface area contributed by atoms with Crippen molar-refractivity contribution in [1.29, 1.82) is 5.26 Å². The van der Waals surface area contributed by atoms with Gasteiger partial charge in [0.05, 0.1) is 26.7 Å². The molecule has 0 spiro atoms. The second-order valence-electron chi connectivity index (χ2n) is 5.38. The molecule has 1 amide bonds. The quantitative estimate of drug-likeness (QED) is 0.740. The molecule has 0 unspecified atom stereocenters. The fourth-order valence-electron chi connectivity index (χ4n) is 2.60. The van der Waals surface area contributed by atoms with Gasteiger partial charge in [-0.15, -0.1) is 0 Å². The predicted octanol–water partition coefficient (Wildman–Crippen LogP) is 2.54. The van der Waals surface area contributed by atoms with Crippen molar-refractivity contribution >= 4 is 5.91 Å². The Morgan fingerprint density at radius 2 is 2.14 bits per heavy atom. The molecule has 0 aromatic heterocycles. The van der Waals surface area contributed by atoms with Crippen molar-refractivity contribution in [2.45, 2.75) is 38.1 Å². The van der Waals surface area contributed by atoms with Gasteiger partial charge in [0.1, 0.15) is 0 Å². The zero-order chi connectivity index (χ0) is 15.9. The number of methoxy groups -OCH3 is 2. The van der Waals surface area contributed by atoms with E-state index in [4.69, 9.17) is 14.7 Å². The maximum absolute atomic E-state index is 12.4. The molecule has 1 aliphatic rings. The lowest BCUT2D eigenvalue weighted by atomic mass is 10.1. The number of nitriles is 1. The number of benzene rings is 1. The molecule has 1 aromatic rings. The Morgan fingerprint density at radius 3 is 2.73 bits per heavy atom. The van der Waals surface area contributed by atoms with Crippen molar-refractivity contribution in [3.05, 3.63) is 23.8 Å². The molecule has 0 aliphatic heterocycles. The Morgan fingerprint density at radius 1 is 1.36 bits per heavy atom. The number of hydrogen-bond donors (Lipinski definition) is 0. The summed E-state index contributed by atoms with van der Waals surface area (Å²) in [7, 11) is 3.20. The first-order valence-electron chi connectivity index (χ1n) is 7.57. The molecule has 22 heavy (non-hydrogen) atoms. The first-order chi connectivity index (χ1) is 10.7. The van der Waals surface area contributed by atoms with Gasteiger partial charge in [0, 0.05) is 19.0 Å². The van der Waals surface area contributed by atoms with Gasteiger partial charge in [-0.2, -0.15) is 5.26 Å². The number of amides is 1. The monoisotopic (exact) mass is 302 g/mol. The fourth-order valence-corrected chi connectivity index (χ4v) is 2.60. The van der Waals surface area contributed by atoms with Gasteiger partial charge in [-0.25, -0.2) is 0 Å². The van der Waals surface area contributed by atoms with Crippen LogP contribution in [0.5, 0.6) is 11.5 Å². The van der Waals surface area contributed by atoms with Crippen molar-refractivity contribution in [1.82, 2.24) is 4.90 Å². The topological polar surface area (TPSA) is 62.6 Å². The van der Waals surface area contributed by atoms with Gasteiger partial charge in [-0.3, -0.25) is 4.79 Å². The zero-order valence-electron chi connectivity index (χ0n) is 13.2. The molecule has 1 aromatic carbocycles. The van der Waals surface area contributed by atoms with Crippen molar-refractivity contribution < 1.29 is 14.3 Å². The van der Waals surface area contributed by atoms with E-state index in [0.717, 1.165) is 18.4 Å². The van der Waals surface area contributed by atoms with Crippen LogP contribution in [0.2, 0.25) is 0 Å². The lowest BCUT2D eigenvalue weighted by Crippen LogP contribution is -2.34. The van der Waals surface area contributed by atoms with Crippen molar-refractivity contribution in [2.75, 3.05) is 20.8 Å². The van der Waals surface area contributed by atoms with Crippen LogP contribution in [0.15, 0.2) is 18.2 Å². The van der Waals surface area contributed by atoms with Crippen LogP contribution in [-0.2, 0) is 11.2 Å². The molecule has 2 rings (SSSR count). The largest absolute Gasteiger partial charge is 0.493 e. The molecule has 1 saturated carbocycles. The van der Waals surface area contributed by atoms with Crippen LogP contribution in [0.4, 0.5) is 0 Å². The first-order valence-corrected chi connectivity index (χ1v) is 7.57. The van der Waals surface area contributed by atoms with Gasteiger partial charge in [0.2, 0.25) is 5.91 Å². The minimum atomic E-state index is 0.114. The molecular formula is C17H22N2O3. The third kappa shape index (κ3) is 3.91. The Kier molecular flexibility index (Phi) is 5.65. The Balaban J connectivity index is 1.99. The van der Waals surface area contributed by atoms with E-state index in [0.29, 0.717) is 43.3 Å². The smallest absolute Gasteiger partial charge is 0.223 e. The first kappa shape index (κ1) is 16.2. The minimum Gasteiger partial charge on any atom is -0.493 e. The predicted molar refractivity (Wildman–Crippen MR) is 82.8 cm³/mol. The number of carbonyl (C=O) groups excluding carboxylic acids is 1. The summed E-state index contributed by atoms with van der Waals surface area (Å²) in [6.45, 7) is 0.537. The third-order valence-electron chi connectivity index (χ3n) is 3.87. The Labute approximate surface area is 131 Å². The summed E-state index contributed by atoms with van der Waals surface area (Å²) in [5.41, 5.74) is 0.964. The summed E-state index contributed by atoms with van der Waals surface area (Å²) in [6, 6.07) is 8.14. The molecule has 5 heteroatoms. The van der Waals surface area contributed by atoms with Crippen LogP contribution in [0.1, 0.15) is 31.2 Å². The summed E-state index contributed by atoms with van der Waals surface area (Å²) < 4.78 is 10.7. The van der Waals surface area contributed by atoms with E-state index in [1.807, 2.05) is 23.1 Å². The van der Waals surface area contributed by atoms with Crippen molar-refractivity contribution in [3.8, 4) is 17.6 Å². The van der Waals surface area contributed by atoms with Crippen LogP contribution in [0.25, 0.3) is 0 Å². The van der Waals surface area contributed by atoms with E-state index in [2.05, 4.69) is 6.07 Å². The van der Waals surface area contributed by atoms with E-state index >= 15 is 0 Å². The van der Waals surface area contributed by atoms with Gasteiger partial charge in [0.25, 0.3) is 0 Å². The highest BCUT2D eigenvalue weighted by atomic mass is 16.5. The average molecular weight is 302 g/mol. The normalized spacial score (nSPS) is 13.3. The summed E-state index contributed by atoms with van der Waals surface area (Å²) >= 11 is 0. The van der Waals surface area contributed by atoms with Gasteiger partial charge in [-0.1, -0.05) is 12.1 Å². The maximum Gasteiger partial charge on any atom is 0.223 e. The van der Waals surface area contributed by atoms with E-state index in [9.17, 15) is 4.79 Å². The van der Waals surface area contributed by atoms with Gasteiger partial charge in [-0.05, 0) is 30.9 Å². The van der Waals surface area contributed by atoms with Crippen LogP contribution in [0, 0.1) is 11.3 Å². The molecule has 0 saturated heterocycles. The molecule has 0 N–H and O–H groups in total. The zero-order valence-corrected chi connectivity index (χ0v) is 13.2. The fraction of sp³-hybridized carbons (Fsp3) is 0.529. The van der Waals surface area contributed by atoms with Crippen LogP contribution >= 0.6 is 0 Å². The van der Waals surface area contributed by atoms with Gasteiger partial charge < -0.3 is 14.4 Å². The second kappa shape index (κ2) is 7.69. The molecule has 0 atom stereocenters. The highest BCUT2D eigenvalue weighted by molar-refractivity contribution is 5.77. The van der Waals surface area contributed by atoms with Gasteiger partial charge in [0.15, 0.2) is 11.5 Å². The SMILES string of the molecule is COc1cccc(CCC(=O)N(CCC#N)C2CC2)c1OC. The summed E-state index contributed by atoms with van der Waals surface area (Å²) in [4.78, 5) is 14.3. The van der Waals surface area contributed by atoms with Crippen LogP contribution in [-0.4, -0.2) is 37.6 Å². The summed E-state index contributed by atoms with van der Waals surface area (Å²) in [5, 5.41) is 8.71. The maximum atomic E-state index is 12.4. The van der Waals surface area contributed by atoms with Crippen molar-refractivity contribution in [3.63, 3.8) is 0 Å². The van der Waals surface area contributed by atoms with E-state index in [-0.39, 0.29) is 5.91 Å². The van der Waals surface area contributed by atoms with E-state index < -0.39 is 0 Å². The van der Waals surface area contributed by atoms with E-state index in [1.165, 1.54) is 0 Å². The minimum absolute atomic E-state index is 0.114. The average Bonchev–Trinajstić information content (AvgIpc) is 3.37. The number of nitrogens with zero attached hydrogens (tertiary/aromatic N) is 2. The van der Waals surface area contributed by atoms with Crippen LogP contribution in [0.3, 0.4) is 0 Å². The van der Waals surface area contributed by atoms with Crippen LogP contribution < -0.4 is 9.47 Å². The number of carbonyl (C=O) groups is 1. The highest BCUT2D eigenvalue weighted by Crippen LogP contribution is 2.32. The summed E-state index contributed by atoms with van der Waals surface area (Å²) in [6.07, 6.45) is 3.53. The van der Waals surface area contributed by atoms with E-state index in [1.54, 1.807) is 14.2 Å². The van der Waals surface area contributed by atoms with Gasteiger partial charge >= 0.3 is 0 Å². The molecule has 1 fully saturated rings. The molecule has 0 bridgehead atoms. The molecule has 118 valence electrons. The lowest BCUT2D eigenvalue weighted by Gasteiger charge is -2.21. The number of aryl methyl sites for hydroxylation is 1. The number of para-hydroxylation sites is 1.